The lowest BCUT2D eigenvalue weighted by molar-refractivity contribution is 0.0592. The van der Waals surface area contributed by atoms with Crippen molar-refractivity contribution in [3.8, 4) is 18.2 Å². The molecular formula is C62H44Br3N14O6P. The van der Waals surface area contributed by atoms with Crippen molar-refractivity contribution >= 4 is 140 Å². The Morgan fingerprint density at radius 3 is 1.42 bits per heavy atom. The van der Waals surface area contributed by atoms with Gasteiger partial charge < -0.3 is 20.9 Å². The molecule has 10 rings (SSSR count). The SMILES string of the molecule is COC(=O)c1cncc(Br)c1N=C=Nc1ccc(C#N)cc1.COC(=O)c1cncc(Br)c1N=P(c1ccccc1)(c1ccccc1)c1ccccc1.N.N#Cc1ccc(N=C=O)cc1.N#Cc1ccc(Nc2nc3c(Br)cncc3c(=O)[nH]2)cc1. The molecule has 0 bridgehead atoms. The molecule has 0 radical (unpaired) electrons. The number of anilines is 2. The lowest BCUT2D eigenvalue weighted by Gasteiger charge is -2.27. The molecule has 10 aromatic rings. The molecule has 0 saturated carbocycles. The Balaban J connectivity index is 0.000000192. The zero-order chi connectivity index (χ0) is 60.6. The van der Waals surface area contributed by atoms with Gasteiger partial charge in [-0.2, -0.15) is 30.8 Å². The highest BCUT2D eigenvalue weighted by Gasteiger charge is 2.29. The molecule has 424 valence electrons. The molecule has 4 heterocycles. The summed E-state index contributed by atoms with van der Waals surface area (Å²) >= 11 is 10.2. The molecule has 20 nitrogen and oxygen atoms in total. The van der Waals surface area contributed by atoms with Gasteiger partial charge in [0.2, 0.25) is 12.0 Å². The molecule has 6 aromatic carbocycles. The van der Waals surface area contributed by atoms with E-state index in [1.54, 1.807) is 85.2 Å². The number of aromatic nitrogens is 5. The van der Waals surface area contributed by atoms with Crippen LogP contribution in [-0.4, -0.2) is 63.2 Å². The van der Waals surface area contributed by atoms with Gasteiger partial charge in [0.25, 0.3) is 5.56 Å². The van der Waals surface area contributed by atoms with Crippen LogP contribution in [0.3, 0.4) is 0 Å². The zero-order valence-corrected chi connectivity index (χ0v) is 50.9. The summed E-state index contributed by atoms with van der Waals surface area (Å²) in [6.45, 7) is 0. The van der Waals surface area contributed by atoms with E-state index in [0.717, 1.165) is 21.6 Å². The van der Waals surface area contributed by atoms with Crippen molar-refractivity contribution in [2.24, 2.45) is 19.7 Å². The molecule has 0 atom stereocenters. The van der Waals surface area contributed by atoms with Gasteiger partial charge in [0.05, 0.1) is 97.6 Å². The number of ether oxygens (including phenoxy) is 2. The number of nitrogens with one attached hydrogen (secondary N) is 2. The number of nitriles is 3. The normalized spacial score (nSPS) is 9.88. The molecule has 4 aromatic heterocycles. The van der Waals surface area contributed by atoms with Crippen LogP contribution < -0.4 is 32.9 Å². The van der Waals surface area contributed by atoms with Crippen LogP contribution in [0, 0.1) is 34.0 Å². The van der Waals surface area contributed by atoms with Crippen molar-refractivity contribution in [1.29, 1.82) is 15.8 Å². The molecule has 24 heteroatoms. The summed E-state index contributed by atoms with van der Waals surface area (Å²) in [4.78, 5) is 76.4. The fourth-order valence-corrected chi connectivity index (χ4v) is 12.5. The third kappa shape index (κ3) is 16.8. The van der Waals surface area contributed by atoms with Gasteiger partial charge in [-0.05, 0) is 121 Å². The minimum Gasteiger partial charge on any atom is -0.465 e. The third-order valence-electron chi connectivity index (χ3n) is 11.6. The number of H-pyrrole nitrogens is 1. The van der Waals surface area contributed by atoms with Gasteiger partial charge in [-0.3, -0.25) is 29.5 Å². The maximum absolute atomic E-state index is 12.6. The Kier molecular flexibility index (Phi) is 24.4. The Morgan fingerprint density at radius 2 is 0.965 bits per heavy atom. The highest BCUT2D eigenvalue weighted by molar-refractivity contribution is 9.11. The average molecular weight is 1350 g/mol. The molecule has 0 fully saturated rings. The van der Waals surface area contributed by atoms with Crippen molar-refractivity contribution in [3.05, 3.63) is 253 Å². The van der Waals surface area contributed by atoms with E-state index in [-0.39, 0.29) is 17.3 Å². The second kappa shape index (κ2) is 32.4. The Labute approximate surface area is 517 Å². The molecule has 0 saturated heterocycles. The highest BCUT2D eigenvalue weighted by atomic mass is 79.9. The molecule has 5 N–H and O–H groups in total. The van der Waals surface area contributed by atoms with Crippen LogP contribution in [0.2, 0.25) is 0 Å². The number of rotatable bonds is 11. The van der Waals surface area contributed by atoms with E-state index in [1.807, 2.05) is 72.8 Å². The van der Waals surface area contributed by atoms with Gasteiger partial charge in [-0.25, -0.2) is 19.4 Å². The predicted octanol–water partition coefficient (Wildman–Crippen LogP) is 13.5. The number of aliphatic imine (C=N–C) groups is 3. The average Bonchev–Trinajstić information content (AvgIpc) is 1.15. The Morgan fingerprint density at radius 1 is 0.547 bits per heavy atom. The topological polar surface area (TPSA) is 322 Å². The van der Waals surface area contributed by atoms with Crippen LogP contribution in [0.25, 0.3) is 10.9 Å². The first-order chi connectivity index (χ1) is 41.3. The summed E-state index contributed by atoms with van der Waals surface area (Å²) in [5.74, 6) is -0.698. The summed E-state index contributed by atoms with van der Waals surface area (Å²) in [6.07, 6.45) is 10.5. The number of halogens is 3. The third-order valence-corrected chi connectivity index (χ3v) is 16.9. The van der Waals surface area contributed by atoms with Gasteiger partial charge in [-0.1, -0.05) is 91.0 Å². The number of aromatic amines is 1. The van der Waals surface area contributed by atoms with Crippen LogP contribution >= 0.6 is 54.8 Å². The van der Waals surface area contributed by atoms with Gasteiger partial charge in [0.1, 0.15) is 22.8 Å². The van der Waals surface area contributed by atoms with Crippen LogP contribution in [0.4, 0.5) is 34.4 Å². The van der Waals surface area contributed by atoms with Crippen molar-refractivity contribution in [2.75, 3.05) is 19.5 Å². The van der Waals surface area contributed by atoms with Crippen LogP contribution in [0.5, 0.6) is 0 Å². The number of benzene rings is 6. The monoisotopic (exact) mass is 1350 g/mol. The zero-order valence-electron chi connectivity index (χ0n) is 45.2. The predicted molar refractivity (Wildman–Crippen MR) is 340 cm³/mol. The van der Waals surface area contributed by atoms with Crippen LogP contribution in [0.15, 0.2) is 239 Å². The smallest absolute Gasteiger partial charge is 0.341 e. The molecular weight excluding hydrogens is 1310 g/mol. The Hall–Kier alpha value is -10.5. The number of hydrogen-bond acceptors (Lipinski definition) is 19. The van der Waals surface area contributed by atoms with Gasteiger partial charge in [0.15, 0.2) is 0 Å². The number of esters is 2. The molecule has 0 aliphatic carbocycles. The maximum Gasteiger partial charge on any atom is 0.341 e. The summed E-state index contributed by atoms with van der Waals surface area (Å²) in [5, 5.41) is 32.6. The molecule has 0 aliphatic heterocycles. The molecule has 0 aliphatic rings. The quantitative estimate of drug-likeness (QED) is 0.0469. The molecule has 86 heavy (non-hydrogen) atoms. The number of methoxy groups -OCH3 is 2. The van der Waals surface area contributed by atoms with E-state index in [4.69, 9.17) is 25.3 Å². The minimum absolute atomic E-state index is 0. The van der Waals surface area contributed by atoms with E-state index in [0.29, 0.717) is 75.3 Å². The highest BCUT2D eigenvalue weighted by Crippen LogP contribution is 2.51. The van der Waals surface area contributed by atoms with Crippen LogP contribution in [0.1, 0.15) is 37.4 Å². The number of pyridine rings is 3. The second-order valence-corrected chi connectivity index (χ2v) is 22.4. The first kappa shape index (κ1) is 64.7. The van der Waals surface area contributed by atoms with Gasteiger partial charge >= 0.3 is 11.9 Å². The summed E-state index contributed by atoms with van der Waals surface area (Å²) in [5.41, 5.74) is 5.14. The van der Waals surface area contributed by atoms with Crippen molar-refractivity contribution in [3.63, 3.8) is 0 Å². The number of carbonyl (C=O) groups is 2. The lowest BCUT2D eigenvalue weighted by atomic mass is 10.2. The van der Waals surface area contributed by atoms with Crippen molar-refractivity contribution < 1.29 is 23.9 Å². The maximum atomic E-state index is 12.6. The van der Waals surface area contributed by atoms with Gasteiger partial charge in [-0.15, -0.1) is 0 Å². The van der Waals surface area contributed by atoms with Crippen molar-refractivity contribution in [2.45, 2.75) is 0 Å². The number of nitrogens with zero attached hydrogens (tertiary/aromatic N) is 11. The van der Waals surface area contributed by atoms with E-state index < -0.39 is 19.0 Å². The fourth-order valence-electron chi connectivity index (χ4n) is 7.54. The fraction of sp³-hybridized carbons (Fsp3) is 0.0323. The van der Waals surface area contributed by atoms with E-state index in [1.165, 1.54) is 45.1 Å². The molecule has 0 unspecified atom stereocenters. The number of fused-ring (bicyclic) bond motifs is 1. The first-order valence-electron chi connectivity index (χ1n) is 24.6. The number of hydrogen-bond donors (Lipinski definition) is 3. The minimum atomic E-state index is -2.52. The Bertz CT molecular complexity index is 4280. The van der Waals surface area contributed by atoms with Gasteiger partial charge in [0, 0.05) is 58.8 Å². The standard InChI is InChI=1S/C25H20BrN2O2P.C15H9BrN4O2.C14H8BrN5O.C8H4N2O.H3N/c1-30-25(29)22-17-27-18-23(26)24(22)28-31(19-11-5-2-6-12-19,20-13-7-3-8-14-20)21-15-9-4-10-16-21;1-22-15(21)12-7-18-8-13(16)14(12)20-9-19-11-4-2-10(6-17)3-5-11;15-11-7-17-6-10-12(11)19-14(20-13(10)21)18-9-3-1-8(5-16)2-4-9;9-5-7-1-3-8(4-2-7)10-6-11;/h2-18H,1H3;2-5,7-8H,1H3;1-4,6-7H,(H2,18,19,20,21);1-4H;1H3. The first-order valence-corrected chi connectivity index (χ1v) is 28.8. The number of isocyanates is 1. The van der Waals surface area contributed by atoms with E-state index >= 15 is 0 Å². The summed E-state index contributed by atoms with van der Waals surface area (Å²) < 4.78 is 16.9. The van der Waals surface area contributed by atoms with E-state index in [9.17, 15) is 19.2 Å². The van der Waals surface area contributed by atoms with Crippen LogP contribution in [-0.2, 0) is 14.3 Å². The largest absolute Gasteiger partial charge is 0.465 e. The van der Waals surface area contributed by atoms with Crippen molar-refractivity contribution in [1.82, 2.24) is 31.1 Å². The number of carbonyl (C=O) groups excluding carboxylic acids is 3. The summed E-state index contributed by atoms with van der Waals surface area (Å²) in [6, 6.07) is 59.1. The summed E-state index contributed by atoms with van der Waals surface area (Å²) in [7, 11) is 0.122. The molecule has 0 spiro atoms. The lowest BCUT2D eigenvalue weighted by Crippen LogP contribution is -2.25. The van der Waals surface area contributed by atoms with E-state index in [2.05, 4.69) is 140 Å². The second-order valence-electron chi connectivity index (χ2n) is 16.9. The molecule has 0 amide bonds.